The van der Waals surface area contributed by atoms with Gasteiger partial charge in [0.1, 0.15) is 0 Å². The second-order valence-corrected chi connectivity index (χ2v) is 5.73. The van der Waals surface area contributed by atoms with Crippen molar-refractivity contribution in [3.8, 4) is 0 Å². The molecule has 0 amide bonds. The van der Waals surface area contributed by atoms with Crippen LogP contribution in [0.15, 0.2) is 6.07 Å². The molecule has 0 bridgehead atoms. The minimum Gasteiger partial charge on any atom is -0.311 e. The van der Waals surface area contributed by atoms with Gasteiger partial charge < -0.3 is 5.32 Å². The predicted molar refractivity (Wildman–Crippen MR) is 69.0 cm³/mol. The normalized spacial score (nSPS) is 28.8. The van der Waals surface area contributed by atoms with Crippen molar-refractivity contribution in [2.75, 3.05) is 6.54 Å². The Kier molecular flexibility index (Phi) is 2.74. The van der Waals surface area contributed by atoms with Gasteiger partial charge in [-0.05, 0) is 58.1 Å². The Labute approximate surface area is 104 Å². The van der Waals surface area contributed by atoms with E-state index in [4.69, 9.17) is 0 Å². The lowest BCUT2D eigenvalue weighted by atomic mass is 9.86. The molecule has 1 N–H and O–H groups in total. The highest BCUT2D eigenvalue weighted by Crippen LogP contribution is 2.45. The molecule has 2 fully saturated rings. The van der Waals surface area contributed by atoms with Gasteiger partial charge in [-0.2, -0.15) is 5.10 Å². The zero-order valence-electron chi connectivity index (χ0n) is 11.0. The highest BCUT2D eigenvalue weighted by atomic mass is 15.3. The number of nitrogens with zero attached hydrogens (tertiary/aromatic N) is 2. The van der Waals surface area contributed by atoms with Crippen LogP contribution in [0.1, 0.15) is 44.0 Å². The number of aromatic nitrogens is 2. The molecule has 1 aliphatic carbocycles. The van der Waals surface area contributed by atoms with Gasteiger partial charge in [-0.3, -0.25) is 4.68 Å². The molecule has 3 nitrogen and oxygen atoms in total. The van der Waals surface area contributed by atoms with E-state index in [1.807, 2.05) is 0 Å². The highest BCUT2D eigenvalue weighted by Gasteiger charge is 2.46. The molecule has 3 heteroatoms. The maximum atomic E-state index is 4.57. The van der Waals surface area contributed by atoms with Crippen molar-refractivity contribution in [2.45, 2.75) is 58.0 Å². The Morgan fingerprint density at radius 1 is 1.53 bits per heavy atom. The SMILES string of the molecule is CCn1nc(C)cc1CC1(C2CC2)CCCN1. The highest BCUT2D eigenvalue weighted by molar-refractivity contribution is 5.17. The molecule has 1 aromatic heterocycles. The van der Waals surface area contributed by atoms with Crippen molar-refractivity contribution in [1.82, 2.24) is 15.1 Å². The van der Waals surface area contributed by atoms with E-state index >= 15 is 0 Å². The molecule has 17 heavy (non-hydrogen) atoms. The maximum Gasteiger partial charge on any atom is 0.0596 e. The number of nitrogens with one attached hydrogen (secondary N) is 1. The molecule has 1 unspecified atom stereocenters. The molecular formula is C14H23N3. The van der Waals surface area contributed by atoms with Crippen LogP contribution < -0.4 is 5.32 Å². The van der Waals surface area contributed by atoms with Gasteiger partial charge in [-0.1, -0.05) is 0 Å². The van der Waals surface area contributed by atoms with Crippen molar-refractivity contribution in [1.29, 1.82) is 0 Å². The molecule has 1 saturated heterocycles. The Balaban J connectivity index is 1.84. The molecule has 3 rings (SSSR count). The van der Waals surface area contributed by atoms with E-state index in [2.05, 4.69) is 35.0 Å². The third-order valence-corrected chi connectivity index (χ3v) is 4.42. The summed E-state index contributed by atoms with van der Waals surface area (Å²) in [5, 5.41) is 8.37. The van der Waals surface area contributed by atoms with Crippen molar-refractivity contribution >= 4 is 0 Å². The fraction of sp³-hybridized carbons (Fsp3) is 0.786. The fourth-order valence-corrected chi connectivity index (χ4v) is 3.45. The lowest BCUT2D eigenvalue weighted by molar-refractivity contribution is 0.315. The van der Waals surface area contributed by atoms with Gasteiger partial charge in [0.15, 0.2) is 0 Å². The summed E-state index contributed by atoms with van der Waals surface area (Å²) in [7, 11) is 0. The molecule has 2 aliphatic rings. The Hall–Kier alpha value is -0.830. The molecule has 2 heterocycles. The predicted octanol–water partition coefficient (Wildman–Crippen LogP) is 2.29. The van der Waals surface area contributed by atoms with Gasteiger partial charge >= 0.3 is 0 Å². The van der Waals surface area contributed by atoms with E-state index in [9.17, 15) is 0 Å². The van der Waals surface area contributed by atoms with Crippen LogP contribution in [0.2, 0.25) is 0 Å². The van der Waals surface area contributed by atoms with E-state index in [1.54, 1.807) is 0 Å². The smallest absolute Gasteiger partial charge is 0.0596 e. The molecule has 0 aromatic carbocycles. The molecule has 1 aliphatic heterocycles. The standard InChI is InChI=1S/C14H23N3/c1-3-17-13(9-11(2)16-17)10-14(12-5-6-12)7-4-8-15-14/h9,12,15H,3-8,10H2,1-2H3. The van der Waals surface area contributed by atoms with E-state index in [0.717, 1.165) is 18.2 Å². The van der Waals surface area contributed by atoms with Crippen LogP contribution in [-0.2, 0) is 13.0 Å². The monoisotopic (exact) mass is 233 g/mol. The van der Waals surface area contributed by atoms with E-state index in [0.29, 0.717) is 5.54 Å². The van der Waals surface area contributed by atoms with Crippen LogP contribution in [0.3, 0.4) is 0 Å². The van der Waals surface area contributed by atoms with Crippen LogP contribution in [0.25, 0.3) is 0 Å². The number of hydrogen-bond acceptors (Lipinski definition) is 2. The number of rotatable bonds is 4. The second-order valence-electron chi connectivity index (χ2n) is 5.73. The Morgan fingerprint density at radius 3 is 2.94 bits per heavy atom. The van der Waals surface area contributed by atoms with Gasteiger partial charge in [0, 0.05) is 24.2 Å². The molecule has 1 aromatic rings. The van der Waals surface area contributed by atoms with Crippen molar-refractivity contribution in [2.24, 2.45) is 5.92 Å². The van der Waals surface area contributed by atoms with E-state index in [-0.39, 0.29) is 0 Å². The first-order valence-electron chi connectivity index (χ1n) is 7.02. The van der Waals surface area contributed by atoms with Crippen molar-refractivity contribution < 1.29 is 0 Å². The van der Waals surface area contributed by atoms with Crippen molar-refractivity contribution in [3.05, 3.63) is 17.5 Å². The molecule has 0 radical (unpaired) electrons. The summed E-state index contributed by atoms with van der Waals surface area (Å²) in [6.45, 7) is 6.48. The summed E-state index contributed by atoms with van der Waals surface area (Å²) in [4.78, 5) is 0. The largest absolute Gasteiger partial charge is 0.311 e. The van der Waals surface area contributed by atoms with Gasteiger partial charge in [0.25, 0.3) is 0 Å². The topological polar surface area (TPSA) is 29.9 Å². The summed E-state index contributed by atoms with van der Waals surface area (Å²) in [6, 6.07) is 2.27. The second kappa shape index (κ2) is 4.13. The zero-order chi connectivity index (χ0) is 11.9. The first-order valence-corrected chi connectivity index (χ1v) is 7.02. The Bertz CT molecular complexity index is 398. The summed E-state index contributed by atoms with van der Waals surface area (Å²) < 4.78 is 2.18. The molecule has 1 atom stereocenters. The van der Waals surface area contributed by atoms with E-state index in [1.165, 1.54) is 44.3 Å². The van der Waals surface area contributed by atoms with Crippen LogP contribution in [0.4, 0.5) is 0 Å². The Morgan fingerprint density at radius 2 is 2.35 bits per heavy atom. The fourth-order valence-electron chi connectivity index (χ4n) is 3.45. The van der Waals surface area contributed by atoms with Gasteiger partial charge in [-0.15, -0.1) is 0 Å². The summed E-state index contributed by atoms with van der Waals surface area (Å²) in [5.74, 6) is 0.922. The minimum absolute atomic E-state index is 0.402. The minimum atomic E-state index is 0.402. The van der Waals surface area contributed by atoms with Crippen LogP contribution in [0.5, 0.6) is 0 Å². The average Bonchev–Trinajstić information content (AvgIpc) is 2.98. The average molecular weight is 233 g/mol. The summed E-state index contributed by atoms with van der Waals surface area (Å²) in [5.41, 5.74) is 2.98. The van der Waals surface area contributed by atoms with Gasteiger partial charge in [0.05, 0.1) is 5.69 Å². The quantitative estimate of drug-likeness (QED) is 0.864. The number of hydrogen-bond donors (Lipinski definition) is 1. The van der Waals surface area contributed by atoms with Crippen LogP contribution in [-0.4, -0.2) is 21.9 Å². The van der Waals surface area contributed by atoms with Crippen LogP contribution >= 0.6 is 0 Å². The lowest BCUT2D eigenvalue weighted by Crippen LogP contribution is -2.44. The summed E-state index contributed by atoms with van der Waals surface area (Å²) >= 11 is 0. The third kappa shape index (κ3) is 2.01. The van der Waals surface area contributed by atoms with Crippen molar-refractivity contribution in [3.63, 3.8) is 0 Å². The molecule has 1 saturated carbocycles. The van der Waals surface area contributed by atoms with E-state index < -0.39 is 0 Å². The molecule has 0 spiro atoms. The number of aryl methyl sites for hydroxylation is 2. The molecular weight excluding hydrogens is 210 g/mol. The van der Waals surface area contributed by atoms with Gasteiger partial charge in [-0.25, -0.2) is 0 Å². The lowest BCUT2D eigenvalue weighted by Gasteiger charge is -2.30. The first kappa shape index (κ1) is 11.3. The summed E-state index contributed by atoms with van der Waals surface area (Å²) in [6.07, 6.45) is 6.71. The maximum absolute atomic E-state index is 4.57. The van der Waals surface area contributed by atoms with Crippen LogP contribution in [0, 0.1) is 12.8 Å². The van der Waals surface area contributed by atoms with Gasteiger partial charge in [0.2, 0.25) is 0 Å². The third-order valence-electron chi connectivity index (χ3n) is 4.42. The first-order chi connectivity index (χ1) is 8.23. The molecule has 94 valence electrons. The zero-order valence-corrected chi connectivity index (χ0v) is 11.0.